The van der Waals surface area contributed by atoms with Crippen molar-refractivity contribution in [3.63, 3.8) is 0 Å². The largest absolute Gasteiger partial charge is 0.464 e. The van der Waals surface area contributed by atoms with Crippen LogP contribution in [-0.4, -0.2) is 24.5 Å². The fourth-order valence-corrected chi connectivity index (χ4v) is 1.06. The monoisotopic (exact) mass is 225 g/mol. The molecule has 0 radical (unpaired) electrons. The molecule has 0 saturated carbocycles. The molecule has 0 aliphatic rings. The summed E-state index contributed by atoms with van der Waals surface area (Å²) in [5, 5.41) is 2.48. The Morgan fingerprint density at radius 3 is 2.88 bits per heavy atom. The topological polar surface area (TPSA) is 68.5 Å². The zero-order chi connectivity index (χ0) is 12.0. The molecule has 1 atom stereocenters. The number of carbonyl (C=O) groups is 2. The van der Waals surface area contributed by atoms with Gasteiger partial charge in [-0.2, -0.15) is 0 Å². The molecular formula is C11H15NO4. The third-order valence-electron chi connectivity index (χ3n) is 1.89. The van der Waals surface area contributed by atoms with Gasteiger partial charge in [-0.15, -0.1) is 0 Å². The molecule has 1 amide bonds. The molecule has 0 spiro atoms. The van der Waals surface area contributed by atoms with Crippen molar-refractivity contribution in [2.24, 2.45) is 0 Å². The lowest BCUT2D eigenvalue weighted by atomic mass is 10.3. The highest BCUT2D eigenvalue weighted by atomic mass is 16.5. The quantitative estimate of drug-likeness (QED) is 0.768. The number of esters is 1. The summed E-state index contributed by atoms with van der Waals surface area (Å²) in [7, 11) is 0. The van der Waals surface area contributed by atoms with Crippen molar-refractivity contribution in [3.8, 4) is 0 Å². The molecule has 1 rings (SSSR count). The second-order valence-corrected chi connectivity index (χ2v) is 3.34. The van der Waals surface area contributed by atoms with E-state index in [1.165, 1.54) is 12.3 Å². The predicted octanol–water partition coefficient (Wildman–Crippen LogP) is 1.35. The standard InChI is InChI=1S/C11H15NO4/c1-3-6-16-11(14)8(2)12-10(13)9-5-4-7-15-9/h4-5,7-8H,3,6H2,1-2H3,(H,12,13). The van der Waals surface area contributed by atoms with E-state index in [0.717, 1.165) is 6.42 Å². The number of ether oxygens (including phenoxy) is 1. The summed E-state index contributed by atoms with van der Waals surface area (Å²) < 4.78 is 9.78. The zero-order valence-corrected chi connectivity index (χ0v) is 9.36. The van der Waals surface area contributed by atoms with Gasteiger partial charge in [0.2, 0.25) is 0 Å². The number of furan rings is 1. The van der Waals surface area contributed by atoms with E-state index in [9.17, 15) is 9.59 Å². The van der Waals surface area contributed by atoms with Gasteiger partial charge in [-0.1, -0.05) is 6.92 Å². The van der Waals surface area contributed by atoms with E-state index in [0.29, 0.717) is 6.61 Å². The molecule has 1 aromatic rings. The highest BCUT2D eigenvalue weighted by Crippen LogP contribution is 2.00. The molecular weight excluding hydrogens is 210 g/mol. The number of amides is 1. The molecule has 1 aromatic heterocycles. The Balaban J connectivity index is 2.42. The van der Waals surface area contributed by atoms with Crippen molar-refractivity contribution in [1.29, 1.82) is 0 Å². The Morgan fingerprint density at radius 2 is 2.31 bits per heavy atom. The van der Waals surface area contributed by atoms with Crippen LogP contribution in [0.5, 0.6) is 0 Å². The van der Waals surface area contributed by atoms with Gasteiger partial charge in [0.15, 0.2) is 5.76 Å². The Bertz CT molecular complexity index is 345. The minimum Gasteiger partial charge on any atom is -0.464 e. The lowest BCUT2D eigenvalue weighted by molar-refractivity contribution is -0.145. The number of nitrogens with one attached hydrogen (secondary N) is 1. The smallest absolute Gasteiger partial charge is 0.328 e. The molecule has 1 heterocycles. The van der Waals surface area contributed by atoms with Gasteiger partial charge in [0.1, 0.15) is 6.04 Å². The van der Waals surface area contributed by atoms with Crippen LogP contribution < -0.4 is 5.32 Å². The Kier molecular flexibility index (Phi) is 4.57. The van der Waals surface area contributed by atoms with Crippen molar-refractivity contribution in [2.45, 2.75) is 26.3 Å². The molecule has 5 nitrogen and oxygen atoms in total. The molecule has 1 unspecified atom stereocenters. The van der Waals surface area contributed by atoms with Crippen molar-refractivity contribution >= 4 is 11.9 Å². The van der Waals surface area contributed by atoms with Crippen LogP contribution in [0.4, 0.5) is 0 Å². The molecule has 0 aromatic carbocycles. The van der Waals surface area contributed by atoms with Gasteiger partial charge in [-0.3, -0.25) is 4.79 Å². The fraction of sp³-hybridized carbons (Fsp3) is 0.455. The molecule has 0 bridgehead atoms. The van der Waals surface area contributed by atoms with Crippen LogP contribution in [-0.2, 0) is 9.53 Å². The molecule has 0 aliphatic carbocycles. The van der Waals surface area contributed by atoms with E-state index in [2.05, 4.69) is 5.32 Å². The highest BCUT2D eigenvalue weighted by molar-refractivity contribution is 5.94. The molecule has 0 aliphatic heterocycles. The first-order chi connectivity index (χ1) is 7.65. The van der Waals surface area contributed by atoms with Crippen LogP contribution in [0.1, 0.15) is 30.8 Å². The second kappa shape index (κ2) is 5.95. The van der Waals surface area contributed by atoms with Crippen LogP contribution in [0.3, 0.4) is 0 Å². The van der Waals surface area contributed by atoms with Crippen LogP contribution in [0.25, 0.3) is 0 Å². The first-order valence-electron chi connectivity index (χ1n) is 5.16. The van der Waals surface area contributed by atoms with Crippen molar-refractivity contribution in [3.05, 3.63) is 24.2 Å². The van der Waals surface area contributed by atoms with Gasteiger partial charge in [0, 0.05) is 0 Å². The molecule has 16 heavy (non-hydrogen) atoms. The van der Waals surface area contributed by atoms with Gasteiger partial charge in [0.25, 0.3) is 5.91 Å². The molecule has 88 valence electrons. The minimum absolute atomic E-state index is 0.176. The summed E-state index contributed by atoms with van der Waals surface area (Å²) >= 11 is 0. The SMILES string of the molecule is CCCOC(=O)C(C)NC(=O)c1ccco1. The summed E-state index contributed by atoms with van der Waals surface area (Å²) in [6.07, 6.45) is 2.15. The maximum atomic E-state index is 11.5. The average Bonchev–Trinajstić information content (AvgIpc) is 2.79. The van der Waals surface area contributed by atoms with Gasteiger partial charge < -0.3 is 14.5 Å². The summed E-state index contributed by atoms with van der Waals surface area (Å²) in [4.78, 5) is 22.8. The molecule has 1 N–H and O–H groups in total. The first-order valence-corrected chi connectivity index (χ1v) is 5.16. The highest BCUT2D eigenvalue weighted by Gasteiger charge is 2.18. The van der Waals surface area contributed by atoms with Crippen LogP contribution in [0, 0.1) is 0 Å². The van der Waals surface area contributed by atoms with Gasteiger partial charge in [-0.25, -0.2) is 4.79 Å². The summed E-state index contributed by atoms with van der Waals surface area (Å²) in [5.41, 5.74) is 0. The number of hydrogen-bond donors (Lipinski definition) is 1. The van der Waals surface area contributed by atoms with Gasteiger partial charge >= 0.3 is 5.97 Å². The Morgan fingerprint density at radius 1 is 1.56 bits per heavy atom. The lowest BCUT2D eigenvalue weighted by Gasteiger charge is -2.11. The maximum absolute atomic E-state index is 11.5. The number of carbonyl (C=O) groups excluding carboxylic acids is 2. The first kappa shape index (κ1) is 12.3. The molecule has 5 heteroatoms. The van der Waals surface area contributed by atoms with E-state index in [4.69, 9.17) is 9.15 Å². The Hall–Kier alpha value is -1.78. The summed E-state index contributed by atoms with van der Waals surface area (Å²) in [5.74, 6) is -0.692. The summed E-state index contributed by atoms with van der Waals surface area (Å²) in [6.45, 7) is 3.83. The second-order valence-electron chi connectivity index (χ2n) is 3.34. The zero-order valence-electron chi connectivity index (χ0n) is 9.36. The molecule has 0 fully saturated rings. The van der Waals surface area contributed by atoms with E-state index >= 15 is 0 Å². The normalized spacial score (nSPS) is 11.9. The predicted molar refractivity (Wildman–Crippen MR) is 56.9 cm³/mol. The van der Waals surface area contributed by atoms with E-state index in [1.54, 1.807) is 13.0 Å². The van der Waals surface area contributed by atoms with Crippen LogP contribution in [0.2, 0.25) is 0 Å². The van der Waals surface area contributed by atoms with Crippen molar-refractivity contribution in [2.75, 3.05) is 6.61 Å². The van der Waals surface area contributed by atoms with E-state index in [1.807, 2.05) is 6.92 Å². The number of hydrogen-bond acceptors (Lipinski definition) is 4. The van der Waals surface area contributed by atoms with E-state index in [-0.39, 0.29) is 5.76 Å². The molecule has 0 saturated heterocycles. The van der Waals surface area contributed by atoms with Crippen molar-refractivity contribution in [1.82, 2.24) is 5.32 Å². The third kappa shape index (κ3) is 3.42. The third-order valence-corrected chi connectivity index (χ3v) is 1.89. The summed E-state index contributed by atoms with van der Waals surface area (Å²) in [6, 6.07) is 2.46. The number of rotatable bonds is 5. The van der Waals surface area contributed by atoms with Crippen LogP contribution >= 0.6 is 0 Å². The Labute approximate surface area is 93.8 Å². The maximum Gasteiger partial charge on any atom is 0.328 e. The fourth-order valence-electron chi connectivity index (χ4n) is 1.06. The van der Waals surface area contributed by atoms with Crippen LogP contribution in [0.15, 0.2) is 22.8 Å². The lowest BCUT2D eigenvalue weighted by Crippen LogP contribution is -2.39. The van der Waals surface area contributed by atoms with Crippen molar-refractivity contribution < 1.29 is 18.7 Å². The minimum atomic E-state index is -0.677. The average molecular weight is 225 g/mol. The van der Waals surface area contributed by atoms with Gasteiger partial charge in [0.05, 0.1) is 12.9 Å². The van der Waals surface area contributed by atoms with E-state index < -0.39 is 17.9 Å². The van der Waals surface area contributed by atoms with Gasteiger partial charge in [-0.05, 0) is 25.5 Å².